The zero-order chi connectivity index (χ0) is 22.1. The molecule has 3 heterocycles. The van der Waals surface area contributed by atoms with Crippen molar-refractivity contribution in [3.63, 3.8) is 0 Å². The molecule has 0 unspecified atom stereocenters. The quantitative estimate of drug-likeness (QED) is 0.395. The first-order valence-corrected chi connectivity index (χ1v) is 11.0. The second-order valence-electron chi connectivity index (χ2n) is 7.28. The lowest BCUT2D eigenvalue weighted by atomic mass is 10.1. The second kappa shape index (κ2) is 8.24. The largest absolute Gasteiger partial charge is 0.388 e. The maximum atomic E-state index is 13.0. The zero-order valence-corrected chi connectivity index (χ0v) is 18.4. The van der Waals surface area contributed by atoms with E-state index in [0.717, 1.165) is 32.9 Å². The van der Waals surface area contributed by atoms with Gasteiger partial charge in [0.05, 0.1) is 21.4 Å². The minimum atomic E-state index is -0.287. The molecule has 0 fully saturated rings. The van der Waals surface area contributed by atoms with Crippen LogP contribution in [0.1, 0.15) is 16.2 Å². The lowest BCUT2D eigenvalue weighted by Gasteiger charge is -2.07. The first-order chi connectivity index (χ1) is 15.6. The molecule has 158 valence electrons. The second-order valence-corrected chi connectivity index (χ2v) is 8.17. The molecule has 5 rings (SSSR count). The van der Waals surface area contributed by atoms with Crippen LogP contribution < -0.4 is 10.6 Å². The summed E-state index contributed by atoms with van der Waals surface area (Å²) in [6.45, 7) is 1.93. The van der Waals surface area contributed by atoms with Crippen molar-refractivity contribution in [2.75, 3.05) is 17.7 Å². The third kappa shape index (κ3) is 3.83. The number of aryl methyl sites for hydroxylation is 1. The number of fused-ring (bicyclic) bond motifs is 1. The van der Waals surface area contributed by atoms with Gasteiger partial charge < -0.3 is 10.6 Å². The van der Waals surface area contributed by atoms with Crippen molar-refractivity contribution in [3.05, 3.63) is 83.6 Å². The van der Waals surface area contributed by atoms with E-state index in [0.29, 0.717) is 17.2 Å². The summed E-state index contributed by atoms with van der Waals surface area (Å²) in [7, 11) is 1.84. The number of hydrogen-bond donors (Lipinski definition) is 2. The fraction of sp³-hybridized carbons (Fsp3) is 0.0833. The van der Waals surface area contributed by atoms with E-state index in [4.69, 9.17) is 0 Å². The number of benzene rings is 2. The Kier molecular flexibility index (Phi) is 5.12. The van der Waals surface area contributed by atoms with Gasteiger partial charge in [-0.25, -0.2) is 14.6 Å². The van der Waals surface area contributed by atoms with Crippen molar-refractivity contribution in [1.29, 1.82) is 0 Å². The summed E-state index contributed by atoms with van der Waals surface area (Å²) in [5, 5.41) is 10.6. The highest BCUT2D eigenvalue weighted by Gasteiger charge is 2.18. The number of thiazole rings is 1. The Morgan fingerprint density at radius 2 is 1.84 bits per heavy atom. The minimum Gasteiger partial charge on any atom is -0.388 e. The molecule has 2 N–H and O–H groups in total. The number of carbonyl (C=O) groups is 1. The summed E-state index contributed by atoms with van der Waals surface area (Å²) < 4.78 is 2.79. The lowest BCUT2D eigenvalue weighted by molar-refractivity contribution is 0.102. The van der Waals surface area contributed by atoms with Gasteiger partial charge in [0.2, 0.25) is 0 Å². The Hall–Kier alpha value is -4.04. The molecular formula is C24H20N6OS. The average molecular weight is 441 g/mol. The van der Waals surface area contributed by atoms with Crippen LogP contribution in [0.5, 0.6) is 0 Å². The van der Waals surface area contributed by atoms with Crippen molar-refractivity contribution in [2.45, 2.75) is 6.92 Å². The van der Waals surface area contributed by atoms with Gasteiger partial charge in [0.15, 0.2) is 11.5 Å². The van der Waals surface area contributed by atoms with Crippen LogP contribution in [0.4, 0.5) is 11.4 Å². The maximum Gasteiger partial charge on any atom is 0.276 e. The van der Waals surface area contributed by atoms with Crippen molar-refractivity contribution < 1.29 is 4.79 Å². The van der Waals surface area contributed by atoms with Gasteiger partial charge in [-0.1, -0.05) is 18.2 Å². The molecule has 0 radical (unpaired) electrons. The summed E-state index contributed by atoms with van der Waals surface area (Å²) in [5.74, 6) is 0.366. The van der Waals surface area contributed by atoms with Crippen LogP contribution in [0.25, 0.3) is 27.3 Å². The van der Waals surface area contributed by atoms with Gasteiger partial charge in [-0.2, -0.15) is 5.10 Å². The number of pyridine rings is 1. The lowest BCUT2D eigenvalue weighted by Crippen LogP contribution is -2.13. The van der Waals surface area contributed by atoms with E-state index in [-0.39, 0.29) is 5.91 Å². The molecule has 7 nitrogen and oxygen atoms in total. The van der Waals surface area contributed by atoms with Gasteiger partial charge in [0.1, 0.15) is 0 Å². The number of aromatic nitrogens is 4. The summed E-state index contributed by atoms with van der Waals surface area (Å²) in [6.07, 6.45) is 0. The highest BCUT2D eigenvalue weighted by Crippen LogP contribution is 2.29. The van der Waals surface area contributed by atoms with Crippen LogP contribution in [0.15, 0.2) is 72.2 Å². The third-order valence-corrected chi connectivity index (χ3v) is 5.86. The molecule has 0 aliphatic rings. The summed E-state index contributed by atoms with van der Waals surface area (Å²) in [4.78, 5) is 22.0. The zero-order valence-electron chi connectivity index (χ0n) is 17.5. The number of carbonyl (C=O) groups excluding carboxylic acids is 1. The molecule has 2 aromatic carbocycles. The smallest absolute Gasteiger partial charge is 0.276 e. The van der Waals surface area contributed by atoms with E-state index in [1.807, 2.05) is 74.1 Å². The fourth-order valence-corrected chi connectivity index (χ4v) is 4.20. The van der Waals surface area contributed by atoms with Crippen LogP contribution >= 0.6 is 11.3 Å². The Balaban J connectivity index is 1.58. The Labute approximate surface area is 188 Å². The summed E-state index contributed by atoms with van der Waals surface area (Å²) >= 11 is 1.58. The van der Waals surface area contributed by atoms with Crippen LogP contribution in [-0.4, -0.2) is 32.7 Å². The van der Waals surface area contributed by atoms with Gasteiger partial charge in [-0.15, -0.1) is 11.3 Å². The van der Waals surface area contributed by atoms with E-state index in [1.165, 1.54) is 0 Å². The Morgan fingerprint density at radius 1 is 1.00 bits per heavy atom. The summed E-state index contributed by atoms with van der Waals surface area (Å²) in [5.41, 5.74) is 7.28. The molecule has 0 spiro atoms. The van der Waals surface area contributed by atoms with Gasteiger partial charge in [-0.05, 0) is 55.5 Å². The van der Waals surface area contributed by atoms with Crippen LogP contribution in [0, 0.1) is 6.92 Å². The standard InChI is InChI=1S/C24H20N6OS/c1-15-5-3-8-23(27-15)30-21(16-9-10-19-22(11-16)32-14-26-19)13-20(29-30)24(31)28-18-7-4-6-17(12-18)25-2/h3-14,25H,1-2H3,(H,28,31). The number of hydrogen-bond acceptors (Lipinski definition) is 6. The Bertz CT molecular complexity index is 1440. The van der Waals surface area contributed by atoms with Gasteiger partial charge >= 0.3 is 0 Å². The first kappa shape index (κ1) is 19.9. The predicted octanol–water partition coefficient (Wildman–Crippen LogP) is 5.15. The number of anilines is 2. The van der Waals surface area contributed by atoms with Gasteiger partial charge in [-0.3, -0.25) is 4.79 Å². The highest BCUT2D eigenvalue weighted by atomic mass is 32.1. The van der Waals surface area contributed by atoms with E-state index in [2.05, 4.69) is 31.8 Å². The van der Waals surface area contributed by atoms with E-state index < -0.39 is 0 Å². The highest BCUT2D eigenvalue weighted by molar-refractivity contribution is 7.16. The topological polar surface area (TPSA) is 84.7 Å². The van der Waals surface area contributed by atoms with E-state index in [1.54, 1.807) is 22.1 Å². The van der Waals surface area contributed by atoms with Crippen molar-refractivity contribution in [3.8, 4) is 17.1 Å². The monoisotopic (exact) mass is 440 g/mol. The average Bonchev–Trinajstić information content (AvgIpc) is 3.46. The van der Waals surface area contributed by atoms with E-state index in [9.17, 15) is 4.79 Å². The van der Waals surface area contributed by atoms with E-state index >= 15 is 0 Å². The van der Waals surface area contributed by atoms with Gasteiger partial charge in [0.25, 0.3) is 5.91 Å². The van der Waals surface area contributed by atoms with Crippen molar-refractivity contribution in [1.82, 2.24) is 19.7 Å². The first-order valence-electron chi connectivity index (χ1n) is 10.1. The molecule has 0 aliphatic carbocycles. The molecule has 3 aromatic heterocycles. The van der Waals surface area contributed by atoms with Crippen molar-refractivity contribution >= 4 is 38.8 Å². The maximum absolute atomic E-state index is 13.0. The molecule has 8 heteroatoms. The van der Waals surface area contributed by atoms with Gasteiger partial charge in [0, 0.05) is 29.7 Å². The molecular weight excluding hydrogens is 420 g/mol. The molecule has 32 heavy (non-hydrogen) atoms. The number of amides is 1. The molecule has 5 aromatic rings. The molecule has 0 saturated carbocycles. The molecule has 0 bridgehead atoms. The van der Waals surface area contributed by atoms with Crippen LogP contribution in [0.3, 0.4) is 0 Å². The Morgan fingerprint density at radius 3 is 2.69 bits per heavy atom. The molecule has 0 aliphatic heterocycles. The normalized spacial score (nSPS) is 10.9. The number of rotatable bonds is 5. The summed E-state index contributed by atoms with van der Waals surface area (Å²) in [6, 6.07) is 21.1. The third-order valence-electron chi connectivity index (χ3n) is 5.07. The number of nitrogens with zero attached hydrogens (tertiary/aromatic N) is 4. The fourth-order valence-electron chi connectivity index (χ4n) is 3.48. The van der Waals surface area contributed by atoms with Crippen LogP contribution in [-0.2, 0) is 0 Å². The van der Waals surface area contributed by atoms with Crippen molar-refractivity contribution in [2.24, 2.45) is 0 Å². The molecule has 0 saturated heterocycles. The molecule has 1 amide bonds. The van der Waals surface area contributed by atoms with Crippen LogP contribution in [0.2, 0.25) is 0 Å². The molecule has 0 atom stereocenters. The SMILES string of the molecule is CNc1cccc(NC(=O)c2cc(-c3ccc4ncsc4c3)n(-c3cccc(C)n3)n2)c1. The predicted molar refractivity (Wildman–Crippen MR) is 129 cm³/mol. The number of nitrogens with one attached hydrogen (secondary N) is 2. The minimum absolute atomic E-state index is 0.287.